The summed E-state index contributed by atoms with van der Waals surface area (Å²) in [6, 6.07) is 144. The lowest BCUT2D eigenvalue weighted by molar-refractivity contribution is 0.443. The predicted molar refractivity (Wildman–Crippen MR) is 545 cm³/mol. The number of hydrogen-bond donors (Lipinski definition) is 0. The van der Waals surface area contributed by atoms with Gasteiger partial charge in [0.15, 0.2) is 69.0 Å². The zero-order valence-electron chi connectivity index (χ0n) is 71.6. The van der Waals surface area contributed by atoms with Crippen molar-refractivity contribution in [1.29, 1.82) is 0 Å². The first-order valence-electron chi connectivity index (χ1n) is 45.2. The Kier molecular flexibility index (Phi) is 15.4. The molecule has 14 nitrogen and oxygen atoms in total. The average Bonchev–Trinajstić information content (AvgIpc) is 1.55. The van der Waals surface area contributed by atoms with Gasteiger partial charge in [0, 0.05) is 103 Å². The molecule has 20 aromatic carbocycles. The van der Waals surface area contributed by atoms with E-state index in [4.69, 9.17) is 37.3 Å². The van der Waals surface area contributed by atoms with Crippen LogP contribution in [0.3, 0.4) is 0 Å². The van der Waals surface area contributed by atoms with Crippen molar-refractivity contribution in [2.45, 2.75) is 0 Å². The summed E-state index contributed by atoms with van der Waals surface area (Å²) in [6.07, 6.45) is 0. The molecule has 6 aromatic heterocycles. The first-order chi connectivity index (χ1) is 66.9. The number of fused-ring (bicyclic) bond motifs is 12. The molecule has 0 amide bonds. The lowest BCUT2D eigenvalue weighted by Gasteiger charge is -2.29. The third kappa shape index (κ3) is 10.8. The van der Waals surface area contributed by atoms with Crippen molar-refractivity contribution in [3.63, 3.8) is 0 Å². The van der Waals surface area contributed by atoms with E-state index in [1.165, 1.54) is 31.3 Å². The van der Waals surface area contributed by atoms with Gasteiger partial charge >= 0.3 is 0 Å². The smallest absolute Gasteiger partial charge is 0.155 e. The van der Waals surface area contributed by atoms with Gasteiger partial charge in [0.25, 0.3) is 0 Å². The Labute approximate surface area is 773 Å². The molecular formula is C120H68N6O8S. The molecule has 32 rings (SSSR count). The second-order valence-corrected chi connectivity index (χ2v) is 35.9. The Morgan fingerprint density at radius 2 is 0.548 bits per heavy atom. The number of para-hydroxylation sites is 9. The standard InChI is InChI=1S/C42H24N2O3.C42H24N2O2S.C36H20N2O3/c1-2-10-25(11-3-1)26-12-6-13-27(24-26)43(30-16-8-18-33-38(30)28-14-4-5-17-32(28)45-33)31-22-23-37-42-39(31)29-15-7-19-34-40(29)44(42)41-35(46-34)20-9-21-36(41)47-37;1-2-9-25(10-3-1)26-11-6-12-27(23-26)43(28-19-22-38-31(24-28)29-13-4-5-18-37(29)47-38)32-20-21-36-42-39(32)30-14-7-15-33-40(30)44(42)41-34(45-33)16-8-17-35(41)46-36;1-2-8-21(9-3-1)37(22-16-17-29-26(18-22)24-10-4-5-12-28(24)39-29)23-19-27-25-11-6-13-30-34(25)38-35(27)33(20-23)41-32-15-7-14-31(40-30)36(32)38/h2*1-24H;1-20H. The van der Waals surface area contributed by atoms with Gasteiger partial charge in [-0.2, -0.15) is 0 Å². The lowest BCUT2D eigenvalue weighted by Crippen LogP contribution is -2.12. The van der Waals surface area contributed by atoms with Crippen LogP contribution < -0.4 is 43.1 Å². The highest BCUT2D eigenvalue weighted by Gasteiger charge is 2.39. The Balaban J connectivity index is 0.0000000967. The Morgan fingerprint density at radius 3 is 1.16 bits per heavy atom. The summed E-state index contributed by atoms with van der Waals surface area (Å²) in [6.45, 7) is 0. The molecule has 0 radical (unpaired) electrons. The highest BCUT2D eigenvalue weighted by atomic mass is 32.1. The van der Waals surface area contributed by atoms with E-state index < -0.39 is 0 Å². The number of rotatable bonds is 11. The van der Waals surface area contributed by atoms with Crippen molar-refractivity contribution in [2.75, 3.05) is 14.7 Å². The van der Waals surface area contributed by atoms with E-state index in [1.54, 1.807) is 0 Å². The molecule has 12 heterocycles. The van der Waals surface area contributed by atoms with Gasteiger partial charge in [0.2, 0.25) is 0 Å². The molecule has 135 heavy (non-hydrogen) atoms. The molecule has 0 saturated carbocycles. The van der Waals surface area contributed by atoms with E-state index in [2.05, 4.69) is 350 Å². The second kappa shape index (κ2) is 28.2. The van der Waals surface area contributed by atoms with Crippen molar-refractivity contribution in [2.24, 2.45) is 0 Å². The summed E-state index contributed by atoms with van der Waals surface area (Å²) in [5.41, 5.74) is 26.8. The molecule has 0 spiro atoms. The van der Waals surface area contributed by atoms with Gasteiger partial charge in [0.05, 0.1) is 61.2 Å². The molecule has 15 heteroatoms. The summed E-state index contributed by atoms with van der Waals surface area (Å²) < 4.78 is 61.3. The van der Waals surface area contributed by atoms with E-state index in [1.807, 2.05) is 102 Å². The molecule has 0 atom stereocenters. The maximum atomic E-state index is 6.62. The van der Waals surface area contributed by atoms with Gasteiger partial charge in [-0.05, 0) is 210 Å². The summed E-state index contributed by atoms with van der Waals surface area (Å²) in [5, 5.41) is 13.6. The molecule has 632 valence electrons. The Hall–Kier alpha value is -18.2. The van der Waals surface area contributed by atoms with E-state index in [0.29, 0.717) is 0 Å². The fourth-order valence-electron chi connectivity index (χ4n) is 21.8. The van der Waals surface area contributed by atoms with Crippen molar-refractivity contribution in [3.05, 3.63) is 413 Å². The number of aromatic nitrogens is 3. The largest absolute Gasteiger partial charge is 0.456 e. The monoisotopic (exact) mass is 1750 g/mol. The van der Waals surface area contributed by atoms with Crippen LogP contribution in [-0.2, 0) is 0 Å². The van der Waals surface area contributed by atoms with Crippen LogP contribution in [0.5, 0.6) is 69.0 Å². The van der Waals surface area contributed by atoms with Crippen LogP contribution >= 0.6 is 11.3 Å². The highest BCUT2D eigenvalue weighted by Crippen LogP contribution is 2.62. The van der Waals surface area contributed by atoms with Crippen molar-refractivity contribution in [1.82, 2.24) is 13.7 Å². The molecular weight excluding hydrogens is 1690 g/mol. The molecule has 0 fully saturated rings. The number of benzene rings is 20. The Bertz CT molecular complexity index is 9620. The first-order valence-corrected chi connectivity index (χ1v) is 46.0. The summed E-state index contributed by atoms with van der Waals surface area (Å²) in [4.78, 5) is 7.08. The van der Waals surface area contributed by atoms with Crippen molar-refractivity contribution in [3.8, 4) is 108 Å². The number of ether oxygens (including phenoxy) is 6. The van der Waals surface area contributed by atoms with Gasteiger partial charge in [-0.15, -0.1) is 11.3 Å². The number of hydrogen-bond acceptors (Lipinski definition) is 12. The molecule has 26 aromatic rings. The van der Waals surface area contributed by atoms with Gasteiger partial charge in [-0.25, -0.2) is 0 Å². The lowest BCUT2D eigenvalue weighted by atomic mass is 10.0. The minimum atomic E-state index is 0.790. The number of furan rings is 2. The number of nitrogens with zero attached hydrogens (tertiary/aromatic N) is 6. The first kappa shape index (κ1) is 73.7. The highest BCUT2D eigenvalue weighted by molar-refractivity contribution is 7.25. The SMILES string of the molecule is c1ccc(-c2cccc(N(c3ccc4sc5ccccc5c4c3)c3ccc4c5c3c3cccc6c3n5-c3c(cccc3O4)O6)c2)cc1.c1ccc(-c2cccc(N(c3cccc4oc5ccccc5c34)c3ccc4c5c3c3cccc6c3n5-c3c(cccc3O4)O6)c2)cc1.c1ccc(N(c2ccc3oc4ccccc4c3c2)c2cc3c4c(c2)c2cccc5c2n4-c2c(cccc2O3)O5)cc1. The summed E-state index contributed by atoms with van der Waals surface area (Å²) in [5.74, 6) is 9.81. The van der Waals surface area contributed by atoms with Crippen LogP contribution in [0.25, 0.3) is 169 Å². The van der Waals surface area contributed by atoms with Gasteiger partial charge in [0.1, 0.15) is 39.4 Å². The van der Waals surface area contributed by atoms with Gasteiger partial charge < -0.3 is 52.0 Å². The van der Waals surface area contributed by atoms with E-state index >= 15 is 0 Å². The molecule has 0 saturated heterocycles. The van der Waals surface area contributed by atoms with Crippen LogP contribution in [0.2, 0.25) is 0 Å². The topological polar surface area (TPSA) is 106 Å². The van der Waals surface area contributed by atoms with Crippen molar-refractivity contribution >= 4 is 192 Å². The van der Waals surface area contributed by atoms with Crippen LogP contribution in [0.15, 0.2) is 421 Å². The molecule has 0 unspecified atom stereocenters. The molecule has 0 N–H and O–H groups in total. The van der Waals surface area contributed by atoms with E-state index in [9.17, 15) is 0 Å². The molecule has 6 aliphatic heterocycles. The predicted octanol–water partition coefficient (Wildman–Crippen LogP) is 34.9. The van der Waals surface area contributed by atoms with E-state index in [0.717, 1.165) is 258 Å². The maximum Gasteiger partial charge on any atom is 0.155 e. The zero-order chi connectivity index (χ0) is 87.9. The zero-order valence-corrected chi connectivity index (χ0v) is 72.4. The fraction of sp³-hybridized carbons (Fsp3) is 0. The molecule has 0 bridgehead atoms. The third-order valence-corrected chi connectivity index (χ3v) is 28.5. The van der Waals surface area contributed by atoms with Crippen molar-refractivity contribution < 1.29 is 37.3 Å². The minimum absolute atomic E-state index is 0.790. The molecule has 6 aliphatic rings. The van der Waals surface area contributed by atoms with Crippen LogP contribution in [0.4, 0.5) is 51.2 Å². The third-order valence-electron chi connectivity index (χ3n) is 27.4. The minimum Gasteiger partial charge on any atom is -0.456 e. The molecule has 0 aliphatic carbocycles. The fourth-order valence-corrected chi connectivity index (χ4v) is 22.9. The van der Waals surface area contributed by atoms with Crippen LogP contribution in [0, 0.1) is 0 Å². The summed E-state index contributed by atoms with van der Waals surface area (Å²) in [7, 11) is 0. The second-order valence-electron chi connectivity index (χ2n) is 34.8. The average molecular weight is 1750 g/mol. The maximum absolute atomic E-state index is 6.62. The summed E-state index contributed by atoms with van der Waals surface area (Å²) >= 11 is 1.84. The Morgan fingerprint density at radius 1 is 0.178 bits per heavy atom. The van der Waals surface area contributed by atoms with Gasteiger partial charge in [-0.1, -0.05) is 218 Å². The van der Waals surface area contributed by atoms with E-state index in [-0.39, 0.29) is 0 Å². The number of anilines is 9. The normalized spacial score (nSPS) is 12.7. The van der Waals surface area contributed by atoms with Crippen LogP contribution in [-0.4, -0.2) is 13.7 Å². The quantitative estimate of drug-likeness (QED) is 0.124. The van der Waals surface area contributed by atoms with Crippen LogP contribution in [0.1, 0.15) is 0 Å². The number of thiophene rings is 1. The van der Waals surface area contributed by atoms with Gasteiger partial charge in [-0.3, -0.25) is 13.7 Å².